The molecule has 1 aliphatic heterocycles. The molecule has 12 heteroatoms. The Hall–Kier alpha value is -2.67. The average molecular weight is 479 g/mol. The molecule has 0 spiro atoms. The number of sulfonamides is 1. The first kappa shape index (κ1) is 21.6. The highest BCUT2D eigenvalue weighted by Gasteiger charge is 2.33. The zero-order valence-corrected chi connectivity index (χ0v) is 18.6. The molecule has 4 rings (SSSR count). The number of benzene rings is 1. The highest BCUT2D eigenvalue weighted by molar-refractivity contribution is 7.89. The summed E-state index contributed by atoms with van der Waals surface area (Å²) in [5.74, 6) is -0.770. The third-order valence-electron chi connectivity index (χ3n) is 4.92. The van der Waals surface area contributed by atoms with Crippen molar-refractivity contribution in [1.29, 1.82) is 0 Å². The molecule has 162 valence electrons. The molecule has 3 heterocycles. The largest absolute Gasteiger partial charge is 0.302 e. The number of hydrogen-bond acceptors (Lipinski definition) is 8. The van der Waals surface area contributed by atoms with Crippen LogP contribution in [0.3, 0.4) is 0 Å². The van der Waals surface area contributed by atoms with Crippen LogP contribution < -0.4 is 5.32 Å². The fraction of sp³-hybridized carbons (Fsp3) is 0.263. The Bertz CT molecular complexity index is 1210. The van der Waals surface area contributed by atoms with Crippen LogP contribution in [-0.2, 0) is 14.8 Å². The summed E-state index contributed by atoms with van der Waals surface area (Å²) in [6.45, 7) is 0.484. The predicted octanol–water partition coefficient (Wildman–Crippen LogP) is 3.82. The van der Waals surface area contributed by atoms with Gasteiger partial charge in [-0.2, -0.15) is 4.31 Å². The van der Waals surface area contributed by atoms with E-state index in [-0.39, 0.29) is 23.0 Å². The molecule has 2 aromatic heterocycles. The third kappa shape index (κ3) is 4.66. The lowest BCUT2D eigenvalue weighted by atomic mass is 9.99. The van der Waals surface area contributed by atoms with E-state index in [1.807, 2.05) is 0 Å². The smallest absolute Gasteiger partial charge is 0.280 e. The minimum atomic E-state index is -3.65. The summed E-state index contributed by atoms with van der Waals surface area (Å²) in [6.07, 6.45) is 1.17. The van der Waals surface area contributed by atoms with Crippen molar-refractivity contribution in [2.75, 3.05) is 18.4 Å². The van der Waals surface area contributed by atoms with Crippen LogP contribution in [0.4, 0.5) is 10.8 Å². The molecule has 1 amide bonds. The molecule has 1 N–H and O–H groups in total. The molecule has 9 nitrogen and oxygen atoms in total. The maximum absolute atomic E-state index is 12.9. The molecular formula is C19H18N4O5S3. The van der Waals surface area contributed by atoms with E-state index in [1.165, 1.54) is 38.4 Å². The SMILES string of the molecule is O=C(Nc1nc(-c2cc([N+](=O)[O-])cs2)cs1)C1CCCN(S(=O)(=O)c2ccccc2)C1. The van der Waals surface area contributed by atoms with Crippen molar-refractivity contribution in [3.05, 3.63) is 57.3 Å². The van der Waals surface area contributed by atoms with Gasteiger partial charge in [0.25, 0.3) is 5.69 Å². The van der Waals surface area contributed by atoms with Crippen molar-refractivity contribution >= 4 is 49.4 Å². The van der Waals surface area contributed by atoms with Gasteiger partial charge in [0, 0.05) is 24.5 Å². The van der Waals surface area contributed by atoms with Crippen molar-refractivity contribution in [3.8, 4) is 10.6 Å². The van der Waals surface area contributed by atoms with Gasteiger partial charge in [-0.05, 0) is 25.0 Å². The maximum Gasteiger partial charge on any atom is 0.280 e. The molecule has 0 bridgehead atoms. The van der Waals surface area contributed by atoms with Crippen LogP contribution in [0.2, 0.25) is 0 Å². The second kappa shape index (κ2) is 8.83. The summed E-state index contributed by atoms with van der Waals surface area (Å²) in [5, 5.41) is 17.1. The number of thiazole rings is 1. The Morgan fingerprint density at radius 2 is 2.00 bits per heavy atom. The molecule has 1 fully saturated rings. The topological polar surface area (TPSA) is 123 Å². The third-order valence-corrected chi connectivity index (χ3v) is 8.50. The maximum atomic E-state index is 12.9. The zero-order valence-electron chi connectivity index (χ0n) is 16.1. The summed E-state index contributed by atoms with van der Waals surface area (Å²) in [5.41, 5.74) is 0.552. The van der Waals surface area contributed by atoms with E-state index in [2.05, 4.69) is 10.3 Å². The number of amides is 1. The Balaban J connectivity index is 1.43. The van der Waals surface area contributed by atoms with Crippen molar-refractivity contribution in [1.82, 2.24) is 9.29 Å². The second-order valence-corrected chi connectivity index (χ2v) is 10.7. The predicted molar refractivity (Wildman–Crippen MR) is 119 cm³/mol. The van der Waals surface area contributed by atoms with Crippen molar-refractivity contribution in [2.45, 2.75) is 17.7 Å². The van der Waals surface area contributed by atoms with Crippen LogP contribution in [0.15, 0.2) is 52.1 Å². The van der Waals surface area contributed by atoms with E-state index in [4.69, 9.17) is 0 Å². The number of anilines is 1. The molecule has 1 saturated heterocycles. The van der Waals surface area contributed by atoms with E-state index < -0.39 is 20.9 Å². The molecule has 31 heavy (non-hydrogen) atoms. The number of carbonyl (C=O) groups is 1. The summed E-state index contributed by atoms with van der Waals surface area (Å²) in [7, 11) is -3.65. The van der Waals surface area contributed by atoms with Gasteiger partial charge in [-0.3, -0.25) is 14.9 Å². The first-order chi connectivity index (χ1) is 14.8. The lowest BCUT2D eigenvalue weighted by Gasteiger charge is -2.31. The number of piperidine rings is 1. The van der Waals surface area contributed by atoms with Crippen LogP contribution in [0, 0.1) is 16.0 Å². The fourth-order valence-electron chi connectivity index (χ4n) is 3.32. The first-order valence-corrected chi connectivity index (χ1v) is 12.6. The Kier molecular flexibility index (Phi) is 6.14. The average Bonchev–Trinajstić information content (AvgIpc) is 3.44. The van der Waals surface area contributed by atoms with Gasteiger partial charge in [0.05, 0.1) is 31.7 Å². The Morgan fingerprint density at radius 3 is 2.71 bits per heavy atom. The summed E-state index contributed by atoms with van der Waals surface area (Å²) >= 11 is 2.43. The molecule has 3 aromatic rings. The normalized spacial score (nSPS) is 17.4. The monoisotopic (exact) mass is 478 g/mol. The molecule has 1 aliphatic rings. The van der Waals surface area contributed by atoms with E-state index in [0.29, 0.717) is 35.1 Å². The number of aromatic nitrogens is 1. The van der Waals surface area contributed by atoms with E-state index in [0.717, 1.165) is 0 Å². The van der Waals surface area contributed by atoms with Crippen LogP contribution in [0.5, 0.6) is 0 Å². The number of hydrogen-bond donors (Lipinski definition) is 1. The number of nitrogens with one attached hydrogen (secondary N) is 1. The van der Waals surface area contributed by atoms with Gasteiger partial charge in [-0.25, -0.2) is 13.4 Å². The summed E-state index contributed by atoms with van der Waals surface area (Å²) in [4.78, 5) is 28.3. The van der Waals surface area contributed by atoms with E-state index in [1.54, 1.807) is 35.7 Å². The number of rotatable bonds is 6. The molecule has 0 aliphatic carbocycles. The molecule has 1 aromatic carbocycles. The van der Waals surface area contributed by atoms with Gasteiger partial charge in [0.1, 0.15) is 0 Å². The lowest BCUT2D eigenvalue weighted by molar-refractivity contribution is -0.384. The van der Waals surface area contributed by atoms with E-state index in [9.17, 15) is 23.3 Å². The Labute approximate surface area is 186 Å². The van der Waals surface area contributed by atoms with Crippen LogP contribution in [-0.4, -0.2) is 41.6 Å². The van der Waals surface area contributed by atoms with Crippen LogP contribution in [0.1, 0.15) is 12.8 Å². The summed E-state index contributed by atoms with van der Waals surface area (Å²) in [6, 6.07) is 9.63. The molecule has 0 radical (unpaired) electrons. The van der Waals surface area contributed by atoms with Crippen LogP contribution >= 0.6 is 22.7 Å². The van der Waals surface area contributed by atoms with Crippen molar-refractivity contribution in [2.24, 2.45) is 5.92 Å². The quantitative estimate of drug-likeness (QED) is 0.424. The zero-order chi connectivity index (χ0) is 22.0. The number of carbonyl (C=O) groups excluding carboxylic acids is 1. The Morgan fingerprint density at radius 1 is 1.23 bits per heavy atom. The minimum absolute atomic E-state index is 0.000470. The van der Waals surface area contributed by atoms with E-state index >= 15 is 0 Å². The van der Waals surface area contributed by atoms with Gasteiger partial charge in [0.2, 0.25) is 15.9 Å². The highest BCUT2D eigenvalue weighted by Crippen LogP contribution is 2.33. The van der Waals surface area contributed by atoms with Gasteiger partial charge < -0.3 is 5.32 Å². The molecule has 1 atom stereocenters. The lowest BCUT2D eigenvalue weighted by Crippen LogP contribution is -2.43. The van der Waals surface area contributed by atoms with Gasteiger partial charge in [-0.1, -0.05) is 18.2 Å². The standard InChI is InChI=1S/C19H18N4O5S3/c24-18(21-19-20-16(12-30-19)17-9-14(11-29-17)23(25)26)13-5-4-8-22(10-13)31(27,28)15-6-2-1-3-7-15/h1-3,6-7,9,11-13H,4-5,8,10H2,(H,20,21,24). The van der Waals surface area contributed by atoms with Gasteiger partial charge in [-0.15, -0.1) is 22.7 Å². The minimum Gasteiger partial charge on any atom is -0.302 e. The number of nitrogens with zero attached hydrogens (tertiary/aromatic N) is 3. The fourth-order valence-corrected chi connectivity index (χ4v) is 6.47. The van der Waals surface area contributed by atoms with Crippen molar-refractivity contribution in [3.63, 3.8) is 0 Å². The van der Waals surface area contributed by atoms with Crippen molar-refractivity contribution < 1.29 is 18.1 Å². The van der Waals surface area contributed by atoms with Crippen LogP contribution in [0.25, 0.3) is 10.6 Å². The second-order valence-electron chi connectivity index (χ2n) is 6.97. The number of nitro groups is 1. The molecular weight excluding hydrogens is 460 g/mol. The van der Waals surface area contributed by atoms with Gasteiger partial charge >= 0.3 is 0 Å². The molecule has 0 saturated carbocycles. The summed E-state index contributed by atoms with van der Waals surface area (Å²) < 4.78 is 27.1. The first-order valence-electron chi connectivity index (χ1n) is 9.39. The molecule has 1 unspecified atom stereocenters. The number of thiophene rings is 1. The van der Waals surface area contributed by atoms with Gasteiger partial charge in [0.15, 0.2) is 5.13 Å². The highest BCUT2D eigenvalue weighted by atomic mass is 32.2.